The van der Waals surface area contributed by atoms with E-state index in [1.165, 1.54) is 7.11 Å². The number of ether oxygens (including phenoxy) is 2. The number of nitrogens with zero attached hydrogens (tertiary/aromatic N) is 1. The highest BCUT2D eigenvalue weighted by molar-refractivity contribution is 6.30. The monoisotopic (exact) mass is 361 g/mol. The summed E-state index contributed by atoms with van der Waals surface area (Å²) in [4.78, 5) is 14.3. The fraction of sp³-hybridized carbons (Fsp3) is 0.316. The summed E-state index contributed by atoms with van der Waals surface area (Å²) >= 11 is 5.95. The molecular weight excluding hydrogens is 342 g/mol. The second kappa shape index (κ2) is 6.58. The van der Waals surface area contributed by atoms with E-state index in [2.05, 4.69) is 0 Å². The van der Waals surface area contributed by atoms with Crippen molar-refractivity contribution in [2.24, 2.45) is 0 Å². The number of carbonyl (C=O) groups excluding carboxylic acids is 1. The Balaban J connectivity index is 2.09. The van der Waals surface area contributed by atoms with Gasteiger partial charge in [-0.3, -0.25) is 0 Å². The van der Waals surface area contributed by atoms with Crippen LogP contribution in [0.2, 0.25) is 5.02 Å². The molecule has 0 spiro atoms. The predicted octanol–water partition coefficient (Wildman–Crippen LogP) is 3.29. The van der Waals surface area contributed by atoms with E-state index in [1.807, 2.05) is 43.3 Å². The van der Waals surface area contributed by atoms with Gasteiger partial charge in [-0.25, -0.2) is 4.79 Å². The number of aliphatic hydroxyl groups is 1. The Labute approximate surface area is 151 Å². The van der Waals surface area contributed by atoms with E-state index in [0.717, 1.165) is 11.3 Å². The van der Waals surface area contributed by atoms with Gasteiger partial charge in [0.15, 0.2) is 5.60 Å². The number of esters is 1. The molecule has 1 heterocycles. The molecule has 0 unspecified atom stereocenters. The number of benzene rings is 2. The summed E-state index contributed by atoms with van der Waals surface area (Å²) in [5.41, 5.74) is 0.378. The number of hydrogen-bond acceptors (Lipinski definition) is 5. The summed E-state index contributed by atoms with van der Waals surface area (Å²) in [5, 5.41) is 11.7. The third-order valence-corrected chi connectivity index (χ3v) is 4.69. The maximum atomic E-state index is 12.3. The van der Waals surface area contributed by atoms with Crippen LogP contribution >= 0.6 is 11.6 Å². The highest BCUT2D eigenvalue weighted by Gasteiger charge is 2.47. The molecule has 0 aromatic heterocycles. The fourth-order valence-corrected chi connectivity index (χ4v) is 3.15. The van der Waals surface area contributed by atoms with Crippen LogP contribution in [0.4, 0.5) is 5.69 Å². The van der Waals surface area contributed by atoms with Crippen molar-refractivity contribution < 1.29 is 19.4 Å². The number of fused-ring (bicyclic) bond motifs is 1. The van der Waals surface area contributed by atoms with Gasteiger partial charge in [-0.1, -0.05) is 23.7 Å². The Kier molecular flexibility index (Phi) is 4.62. The van der Waals surface area contributed by atoms with Crippen molar-refractivity contribution in [1.29, 1.82) is 0 Å². The van der Waals surface area contributed by atoms with Crippen LogP contribution in [0.3, 0.4) is 0 Å². The van der Waals surface area contributed by atoms with E-state index in [1.54, 1.807) is 18.2 Å². The first kappa shape index (κ1) is 17.6. The highest BCUT2D eigenvalue weighted by Crippen LogP contribution is 2.46. The summed E-state index contributed by atoms with van der Waals surface area (Å²) in [6, 6.07) is 12.5. The van der Waals surface area contributed by atoms with E-state index < -0.39 is 17.7 Å². The van der Waals surface area contributed by atoms with Gasteiger partial charge in [-0.2, -0.15) is 0 Å². The third-order valence-electron chi connectivity index (χ3n) is 4.44. The first-order valence-corrected chi connectivity index (χ1v) is 8.27. The summed E-state index contributed by atoms with van der Waals surface area (Å²) in [6.07, 6.45) is -0.429. The number of methoxy groups -OCH3 is 1. The first-order valence-electron chi connectivity index (χ1n) is 7.90. The minimum atomic E-state index is -1.77. The van der Waals surface area contributed by atoms with Gasteiger partial charge in [-0.15, -0.1) is 0 Å². The minimum Gasteiger partial charge on any atom is -0.485 e. The third kappa shape index (κ3) is 3.17. The molecule has 1 aliphatic heterocycles. The maximum Gasteiger partial charge on any atom is 0.342 e. The van der Waals surface area contributed by atoms with E-state index in [-0.39, 0.29) is 6.42 Å². The van der Waals surface area contributed by atoms with Crippen LogP contribution in [0.15, 0.2) is 42.5 Å². The van der Waals surface area contributed by atoms with Crippen LogP contribution in [0.1, 0.15) is 23.7 Å². The molecule has 6 heteroatoms. The number of anilines is 1. The van der Waals surface area contributed by atoms with Gasteiger partial charge in [0, 0.05) is 42.9 Å². The number of rotatable bonds is 3. The maximum absolute atomic E-state index is 12.3. The average Bonchev–Trinajstić information content (AvgIpc) is 2.60. The number of halogens is 1. The second-order valence-corrected chi connectivity index (χ2v) is 6.73. The number of hydrogen-bond donors (Lipinski definition) is 1. The average molecular weight is 362 g/mol. The smallest absolute Gasteiger partial charge is 0.342 e. The van der Waals surface area contributed by atoms with Gasteiger partial charge >= 0.3 is 5.97 Å². The lowest BCUT2D eigenvalue weighted by Gasteiger charge is -2.37. The quantitative estimate of drug-likeness (QED) is 0.850. The predicted molar refractivity (Wildman–Crippen MR) is 96.1 cm³/mol. The summed E-state index contributed by atoms with van der Waals surface area (Å²) in [7, 11) is 5.09. The van der Waals surface area contributed by atoms with Gasteiger partial charge < -0.3 is 19.5 Å². The van der Waals surface area contributed by atoms with Gasteiger partial charge in [0.1, 0.15) is 11.9 Å². The van der Waals surface area contributed by atoms with Crippen LogP contribution in [-0.4, -0.2) is 32.3 Å². The highest BCUT2D eigenvalue weighted by atomic mass is 35.5. The summed E-state index contributed by atoms with van der Waals surface area (Å²) in [6.45, 7) is 0. The van der Waals surface area contributed by atoms with Crippen molar-refractivity contribution in [2.75, 3.05) is 26.1 Å². The molecule has 2 atom stereocenters. The normalized spacial score (nSPS) is 21.9. The van der Waals surface area contributed by atoms with E-state index >= 15 is 0 Å². The first-order chi connectivity index (χ1) is 11.8. The largest absolute Gasteiger partial charge is 0.485 e. The van der Waals surface area contributed by atoms with Crippen molar-refractivity contribution >= 4 is 23.3 Å². The SMILES string of the molecule is COC(=O)[C@@]1(O)C[C@@H](c2ccc(Cl)cc2)Oc2cc(N(C)C)ccc21. The Morgan fingerprint density at radius 2 is 1.96 bits per heavy atom. The molecule has 2 aromatic rings. The van der Waals surface area contributed by atoms with Crippen molar-refractivity contribution in [3.8, 4) is 5.75 Å². The molecule has 0 fully saturated rings. The van der Waals surface area contributed by atoms with Gasteiger partial charge in [-0.05, 0) is 29.8 Å². The van der Waals surface area contributed by atoms with Crippen LogP contribution in [0, 0.1) is 0 Å². The Morgan fingerprint density at radius 3 is 2.56 bits per heavy atom. The lowest BCUT2D eigenvalue weighted by Crippen LogP contribution is -2.42. The molecule has 1 aliphatic rings. The standard InChI is InChI=1S/C19H20ClNO4/c1-21(2)14-8-9-15-16(10-14)25-17(11-19(15,23)18(22)24-3)12-4-6-13(20)7-5-12/h4-10,17,23H,11H2,1-3H3/t17-,19+/m0/s1. The second-order valence-electron chi connectivity index (χ2n) is 6.29. The molecule has 2 aromatic carbocycles. The van der Waals surface area contributed by atoms with Gasteiger partial charge in [0.2, 0.25) is 0 Å². The zero-order valence-electron chi connectivity index (χ0n) is 14.3. The van der Waals surface area contributed by atoms with E-state index in [4.69, 9.17) is 21.1 Å². The van der Waals surface area contributed by atoms with Crippen molar-refractivity contribution in [1.82, 2.24) is 0 Å². The lowest BCUT2D eigenvalue weighted by atomic mass is 9.83. The topological polar surface area (TPSA) is 59.0 Å². The molecule has 0 saturated carbocycles. The zero-order chi connectivity index (χ0) is 18.2. The zero-order valence-corrected chi connectivity index (χ0v) is 15.1. The van der Waals surface area contributed by atoms with Gasteiger partial charge in [0.05, 0.1) is 7.11 Å². The molecule has 0 radical (unpaired) electrons. The molecular formula is C19H20ClNO4. The number of carbonyl (C=O) groups is 1. The molecule has 3 rings (SSSR count). The van der Waals surface area contributed by atoms with Crippen LogP contribution in [-0.2, 0) is 15.1 Å². The molecule has 0 bridgehead atoms. The summed E-state index contributed by atoms with van der Waals surface area (Å²) in [5.74, 6) is -0.237. The van der Waals surface area contributed by atoms with Crippen LogP contribution < -0.4 is 9.64 Å². The lowest BCUT2D eigenvalue weighted by molar-refractivity contribution is -0.169. The molecule has 132 valence electrons. The molecule has 1 N–H and O–H groups in total. The van der Waals surface area contributed by atoms with Crippen LogP contribution in [0.25, 0.3) is 0 Å². The van der Waals surface area contributed by atoms with Crippen LogP contribution in [0.5, 0.6) is 5.75 Å². The summed E-state index contributed by atoms with van der Waals surface area (Å²) < 4.78 is 11.0. The Hall–Kier alpha value is -2.24. The molecule has 25 heavy (non-hydrogen) atoms. The molecule has 0 aliphatic carbocycles. The molecule has 0 amide bonds. The fourth-order valence-electron chi connectivity index (χ4n) is 3.03. The molecule has 5 nitrogen and oxygen atoms in total. The van der Waals surface area contributed by atoms with Crippen molar-refractivity contribution in [2.45, 2.75) is 18.1 Å². The van der Waals surface area contributed by atoms with Crippen molar-refractivity contribution in [3.63, 3.8) is 0 Å². The van der Waals surface area contributed by atoms with Gasteiger partial charge in [0.25, 0.3) is 0 Å². The minimum absolute atomic E-state index is 0.0651. The van der Waals surface area contributed by atoms with E-state index in [9.17, 15) is 9.90 Å². The Bertz CT molecular complexity index is 791. The van der Waals surface area contributed by atoms with E-state index in [0.29, 0.717) is 16.3 Å². The molecule has 0 saturated heterocycles. The Morgan fingerprint density at radius 1 is 1.28 bits per heavy atom. The van der Waals surface area contributed by atoms with Crippen molar-refractivity contribution in [3.05, 3.63) is 58.6 Å².